The van der Waals surface area contributed by atoms with E-state index in [1.807, 2.05) is 25.2 Å². The molecule has 3 aliphatic rings. The Labute approximate surface area is 181 Å². The highest BCUT2D eigenvalue weighted by molar-refractivity contribution is 5.94. The van der Waals surface area contributed by atoms with E-state index >= 15 is 0 Å². The number of guanidine groups is 1. The molecule has 1 heterocycles. The van der Waals surface area contributed by atoms with Gasteiger partial charge in [0.05, 0.1) is 0 Å². The van der Waals surface area contributed by atoms with E-state index in [1.165, 1.54) is 31.2 Å². The molecule has 30 heavy (non-hydrogen) atoms. The highest BCUT2D eigenvalue weighted by Gasteiger charge is 2.42. The lowest BCUT2D eigenvalue weighted by Crippen LogP contribution is -2.55. The van der Waals surface area contributed by atoms with Gasteiger partial charge in [-0.2, -0.15) is 0 Å². The van der Waals surface area contributed by atoms with E-state index < -0.39 is 0 Å². The molecule has 0 radical (unpaired) electrons. The molecule has 1 N–H and O–H groups in total. The number of nitrogens with zero attached hydrogens (tertiary/aromatic N) is 4. The summed E-state index contributed by atoms with van der Waals surface area (Å²) in [5.74, 6) is 3.03. The highest BCUT2D eigenvalue weighted by atomic mass is 16.2. The minimum atomic E-state index is 0.0500. The molecular formula is C24H37N5O. The van der Waals surface area contributed by atoms with Gasteiger partial charge in [0.15, 0.2) is 5.96 Å². The molecule has 4 rings (SSSR count). The minimum absolute atomic E-state index is 0.0500. The van der Waals surface area contributed by atoms with Gasteiger partial charge < -0.3 is 15.1 Å². The standard InChI is InChI=1S/C24H37N5O/c1-25-24(26-10-9-18-5-4-6-21(15-18)23(30)27(2)3)29-13-11-28(12-14-29)22-17-19-7-8-20(22)16-19/h4-6,15,19-20,22H,7-14,16-17H2,1-3H3,(H,25,26). The molecule has 6 nitrogen and oxygen atoms in total. The average molecular weight is 412 g/mol. The fourth-order valence-electron chi connectivity index (χ4n) is 5.69. The van der Waals surface area contributed by atoms with Crippen molar-refractivity contribution < 1.29 is 4.79 Å². The largest absolute Gasteiger partial charge is 0.356 e. The number of amides is 1. The van der Waals surface area contributed by atoms with Crippen LogP contribution < -0.4 is 5.32 Å². The number of benzene rings is 1. The number of hydrogen-bond donors (Lipinski definition) is 1. The molecule has 1 aliphatic heterocycles. The van der Waals surface area contributed by atoms with Gasteiger partial charge in [-0.25, -0.2) is 0 Å². The summed E-state index contributed by atoms with van der Waals surface area (Å²) < 4.78 is 0. The second-order valence-electron chi connectivity index (χ2n) is 9.39. The van der Waals surface area contributed by atoms with E-state index in [0.29, 0.717) is 0 Å². The Kier molecular flexibility index (Phi) is 6.61. The van der Waals surface area contributed by atoms with Crippen LogP contribution in [0, 0.1) is 11.8 Å². The first kappa shape index (κ1) is 21.2. The van der Waals surface area contributed by atoms with E-state index in [4.69, 9.17) is 0 Å². The van der Waals surface area contributed by atoms with Crippen molar-refractivity contribution in [2.24, 2.45) is 16.8 Å². The van der Waals surface area contributed by atoms with Gasteiger partial charge in [-0.3, -0.25) is 14.7 Å². The Bertz CT molecular complexity index is 769. The summed E-state index contributed by atoms with van der Waals surface area (Å²) in [4.78, 5) is 23.5. The van der Waals surface area contributed by atoms with E-state index in [2.05, 4.69) is 26.2 Å². The van der Waals surface area contributed by atoms with Gasteiger partial charge in [0.1, 0.15) is 0 Å². The van der Waals surface area contributed by atoms with E-state index in [1.54, 1.807) is 19.0 Å². The van der Waals surface area contributed by atoms with Crippen LogP contribution in [-0.4, -0.2) is 86.5 Å². The lowest BCUT2D eigenvalue weighted by atomic mass is 9.93. The quantitative estimate of drug-likeness (QED) is 0.597. The third-order valence-corrected chi connectivity index (χ3v) is 7.27. The van der Waals surface area contributed by atoms with E-state index in [0.717, 1.165) is 68.5 Å². The summed E-state index contributed by atoms with van der Waals surface area (Å²) in [6, 6.07) is 8.79. The molecule has 2 bridgehead atoms. The number of piperazine rings is 1. The van der Waals surface area contributed by atoms with Crippen LogP contribution in [0.25, 0.3) is 0 Å². The number of fused-ring (bicyclic) bond motifs is 2. The molecule has 0 aromatic heterocycles. The van der Waals surface area contributed by atoms with Crippen LogP contribution in [0.5, 0.6) is 0 Å². The molecule has 1 aromatic rings. The Balaban J connectivity index is 1.24. The predicted octanol–water partition coefficient (Wildman–Crippen LogP) is 2.31. The zero-order valence-electron chi connectivity index (χ0n) is 18.8. The normalized spacial score (nSPS) is 26.8. The summed E-state index contributed by atoms with van der Waals surface area (Å²) in [7, 11) is 5.45. The van der Waals surface area contributed by atoms with E-state index in [9.17, 15) is 4.79 Å². The third-order valence-electron chi connectivity index (χ3n) is 7.27. The number of hydrogen-bond acceptors (Lipinski definition) is 3. The predicted molar refractivity (Wildman–Crippen MR) is 122 cm³/mol. The van der Waals surface area contributed by atoms with Gasteiger partial charge in [-0.15, -0.1) is 0 Å². The van der Waals surface area contributed by atoms with Crippen LogP contribution in [0.15, 0.2) is 29.3 Å². The van der Waals surface area contributed by atoms with Crippen LogP contribution in [0.4, 0.5) is 0 Å². The van der Waals surface area contributed by atoms with Gasteiger partial charge in [-0.1, -0.05) is 18.6 Å². The molecule has 3 unspecified atom stereocenters. The molecule has 0 spiro atoms. The molecule has 2 saturated carbocycles. The summed E-state index contributed by atoms with van der Waals surface area (Å²) in [5.41, 5.74) is 1.92. The Morgan fingerprint density at radius 2 is 1.97 bits per heavy atom. The topological polar surface area (TPSA) is 51.2 Å². The maximum absolute atomic E-state index is 12.2. The zero-order valence-corrected chi connectivity index (χ0v) is 18.8. The van der Waals surface area contributed by atoms with Crippen molar-refractivity contribution in [3.8, 4) is 0 Å². The fraction of sp³-hybridized carbons (Fsp3) is 0.667. The van der Waals surface area contributed by atoms with Crippen LogP contribution in [0.3, 0.4) is 0 Å². The number of carbonyl (C=O) groups excluding carboxylic acids is 1. The maximum atomic E-state index is 12.2. The first-order chi connectivity index (χ1) is 14.5. The average Bonchev–Trinajstić information content (AvgIpc) is 3.40. The highest BCUT2D eigenvalue weighted by Crippen LogP contribution is 2.46. The third kappa shape index (κ3) is 4.64. The van der Waals surface area contributed by atoms with E-state index in [-0.39, 0.29) is 5.91 Å². The van der Waals surface area contributed by atoms with Gasteiger partial charge in [0.25, 0.3) is 5.91 Å². The van der Waals surface area contributed by atoms with Crippen molar-refractivity contribution in [1.82, 2.24) is 20.0 Å². The number of aliphatic imine (C=N–C) groups is 1. The summed E-state index contributed by atoms with van der Waals surface area (Å²) in [6.45, 7) is 5.24. The van der Waals surface area contributed by atoms with Crippen molar-refractivity contribution in [2.75, 3.05) is 53.9 Å². The number of nitrogens with one attached hydrogen (secondary N) is 1. The molecule has 1 aromatic carbocycles. The van der Waals surface area contributed by atoms with Crippen LogP contribution in [0.2, 0.25) is 0 Å². The number of carbonyl (C=O) groups is 1. The molecule has 1 saturated heterocycles. The molecule has 3 atom stereocenters. The molecule has 6 heteroatoms. The van der Waals surface area contributed by atoms with Crippen LogP contribution in [0.1, 0.15) is 41.6 Å². The minimum Gasteiger partial charge on any atom is -0.356 e. The summed E-state index contributed by atoms with van der Waals surface area (Å²) in [5, 5.41) is 3.53. The SMILES string of the molecule is CN=C(NCCc1cccc(C(=O)N(C)C)c1)N1CCN(C2CC3CCC2C3)CC1. The van der Waals surface area contributed by atoms with Crippen molar-refractivity contribution in [3.63, 3.8) is 0 Å². The first-order valence-corrected chi connectivity index (χ1v) is 11.6. The van der Waals surface area contributed by atoms with Crippen molar-refractivity contribution in [2.45, 2.75) is 38.1 Å². The van der Waals surface area contributed by atoms with Crippen molar-refractivity contribution in [3.05, 3.63) is 35.4 Å². The molecule has 1 amide bonds. The van der Waals surface area contributed by atoms with Crippen LogP contribution >= 0.6 is 0 Å². The Hall–Kier alpha value is -2.08. The maximum Gasteiger partial charge on any atom is 0.253 e. The molecule has 2 aliphatic carbocycles. The van der Waals surface area contributed by atoms with Crippen molar-refractivity contribution in [1.29, 1.82) is 0 Å². The Morgan fingerprint density at radius 3 is 2.60 bits per heavy atom. The smallest absolute Gasteiger partial charge is 0.253 e. The van der Waals surface area contributed by atoms with Crippen LogP contribution in [-0.2, 0) is 6.42 Å². The lowest BCUT2D eigenvalue weighted by Gasteiger charge is -2.42. The molecular weight excluding hydrogens is 374 g/mol. The molecule has 164 valence electrons. The van der Waals surface area contributed by atoms with Gasteiger partial charge in [0, 0.05) is 65.5 Å². The summed E-state index contributed by atoms with van der Waals surface area (Å²) >= 11 is 0. The second-order valence-corrected chi connectivity index (χ2v) is 9.39. The molecule has 3 fully saturated rings. The number of rotatable bonds is 5. The fourth-order valence-corrected chi connectivity index (χ4v) is 5.69. The van der Waals surface area contributed by atoms with Gasteiger partial charge in [-0.05, 0) is 55.2 Å². The van der Waals surface area contributed by atoms with Gasteiger partial charge >= 0.3 is 0 Å². The first-order valence-electron chi connectivity index (χ1n) is 11.6. The van der Waals surface area contributed by atoms with Gasteiger partial charge in [0.2, 0.25) is 0 Å². The summed E-state index contributed by atoms with van der Waals surface area (Å²) in [6.07, 6.45) is 6.73. The lowest BCUT2D eigenvalue weighted by molar-refractivity contribution is 0.0827. The zero-order chi connectivity index (χ0) is 21.1. The second kappa shape index (κ2) is 9.38. The van der Waals surface area contributed by atoms with Crippen molar-refractivity contribution >= 4 is 11.9 Å². The monoisotopic (exact) mass is 411 g/mol. The Morgan fingerprint density at radius 1 is 1.17 bits per heavy atom.